The summed E-state index contributed by atoms with van der Waals surface area (Å²) in [6.45, 7) is 13.1. The average molecular weight is 1270 g/mol. The zero-order valence-corrected chi connectivity index (χ0v) is 53.0. The number of allylic oxidation sites excluding steroid dienone is 2. The Hall–Kier alpha value is -8.90. The summed E-state index contributed by atoms with van der Waals surface area (Å²) in [6, 6.07) is 26.2. The molecule has 0 unspecified atom stereocenters. The summed E-state index contributed by atoms with van der Waals surface area (Å²) in [6.07, 6.45) is 6.28. The number of anilines is 2. The van der Waals surface area contributed by atoms with E-state index in [-0.39, 0.29) is 87.5 Å². The summed E-state index contributed by atoms with van der Waals surface area (Å²) in [4.78, 5) is 103. The molecule has 8 amide bonds. The molecule has 8 rings (SSSR count). The zero-order valence-electron chi connectivity index (χ0n) is 54.0. The van der Waals surface area contributed by atoms with Crippen LogP contribution in [-0.2, 0) is 65.5 Å². The second kappa shape index (κ2) is 32.4. The van der Waals surface area contributed by atoms with Gasteiger partial charge in [-0.15, -0.1) is 0 Å². The Kier molecular flexibility index (Phi) is 23.8. The minimum atomic E-state index is -1.11. The van der Waals surface area contributed by atoms with E-state index in [1.807, 2.05) is 68.5 Å². The van der Waals surface area contributed by atoms with Crippen LogP contribution in [0, 0.1) is 11.8 Å². The summed E-state index contributed by atoms with van der Waals surface area (Å²) in [5.74, 6) is -2.60. The molecule has 3 aliphatic heterocycles. The fourth-order valence-corrected chi connectivity index (χ4v) is 11.6. The number of benzene rings is 4. The monoisotopic (exact) mass is 1270 g/mol. The molecular weight excluding hydrogens is 1180 g/mol. The molecule has 4 aliphatic rings. The number of urea groups is 1. The SMILES string of the molecule is [2H]NC(=O)NCCC[C@H](NC(=O)[C@H](NC(=O)OCC1c2ccccc2-c2ccccc21)C(C)C)C(=O)Nc1ccc(COC(=O)Nc2ccc(CNC(=O)C[C@@H]3C[C@@]4(CO4)[C@H](O)[C@@H](/C=C/C(C)=C/C[C@@H]4O[C@H](C)[C@H](NC(=O)/C=C\[C@H](C)OC(C)=O)C[C@@H]4C)O3)cc2)cc1. The maximum atomic E-state index is 13.9. The van der Waals surface area contributed by atoms with Crippen molar-refractivity contribution in [3.8, 4) is 11.1 Å². The van der Waals surface area contributed by atoms with Gasteiger partial charge in [-0.1, -0.05) is 117 Å². The number of rotatable bonds is 27. The number of ether oxygens (including phenoxy) is 6. The quantitative estimate of drug-likeness (QED) is 0.00685. The summed E-state index contributed by atoms with van der Waals surface area (Å²) in [5.41, 5.74) is 8.31. The third kappa shape index (κ3) is 19.8. The molecule has 492 valence electrons. The molecule has 11 atom stereocenters. The third-order valence-corrected chi connectivity index (χ3v) is 16.8. The van der Waals surface area contributed by atoms with Crippen LogP contribution in [0.25, 0.3) is 11.1 Å². The first-order chi connectivity index (χ1) is 44.6. The van der Waals surface area contributed by atoms with E-state index in [2.05, 4.69) is 50.2 Å². The van der Waals surface area contributed by atoms with Gasteiger partial charge in [0.05, 0.1) is 37.4 Å². The highest BCUT2D eigenvalue weighted by atomic mass is 16.6. The van der Waals surface area contributed by atoms with Gasteiger partial charge in [-0.25, -0.2) is 14.4 Å². The summed E-state index contributed by atoms with van der Waals surface area (Å²) < 4.78 is 41.7. The van der Waals surface area contributed by atoms with Crippen molar-refractivity contribution in [3.63, 3.8) is 0 Å². The fraction of sp³-hybridized carbons (Fsp3) is 0.449. The maximum Gasteiger partial charge on any atom is 0.411 e. The van der Waals surface area contributed by atoms with E-state index in [4.69, 9.17) is 29.8 Å². The Morgan fingerprint density at radius 2 is 1.46 bits per heavy atom. The predicted molar refractivity (Wildman–Crippen MR) is 343 cm³/mol. The van der Waals surface area contributed by atoms with Gasteiger partial charge in [-0.3, -0.25) is 29.3 Å². The molecule has 1 aliphatic carbocycles. The molecule has 23 heteroatoms. The topological polar surface area (TPSA) is 326 Å². The molecule has 3 fully saturated rings. The molecule has 92 heavy (non-hydrogen) atoms. The minimum Gasteiger partial charge on any atom is -0.459 e. The highest BCUT2D eigenvalue weighted by Crippen LogP contribution is 2.45. The minimum absolute atomic E-state index is 0.0408. The van der Waals surface area contributed by atoms with Crippen molar-refractivity contribution in [3.05, 3.63) is 155 Å². The number of hydrogen-bond acceptors (Lipinski definition) is 15. The Morgan fingerprint density at radius 1 is 0.793 bits per heavy atom. The van der Waals surface area contributed by atoms with E-state index in [1.54, 1.807) is 81.1 Å². The summed E-state index contributed by atoms with van der Waals surface area (Å²) in [5, 5.41) is 30.6. The average Bonchev–Trinajstić information content (AvgIpc) is 1.61. The van der Waals surface area contributed by atoms with Crippen molar-refractivity contribution in [2.75, 3.05) is 30.4 Å². The smallest absolute Gasteiger partial charge is 0.411 e. The van der Waals surface area contributed by atoms with Gasteiger partial charge in [0, 0.05) is 49.8 Å². The zero-order chi connectivity index (χ0) is 66.8. The van der Waals surface area contributed by atoms with Crippen LogP contribution in [0.2, 0.25) is 1.41 Å². The predicted octanol–water partition coefficient (Wildman–Crippen LogP) is 7.86. The van der Waals surface area contributed by atoms with Gasteiger partial charge in [0.1, 0.15) is 49.2 Å². The van der Waals surface area contributed by atoms with Gasteiger partial charge in [0.2, 0.25) is 23.6 Å². The number of fused-ring (bicyclic) bond motifs is 3. The first kappa shape index (κ1) is 67.5. The van der Waals surface area contributed by atoms with Crippen molar-refractivity contribution in [2.45, 2.75) is 166 Å². The van der Waals surface area contributed by atoms with Crippen molar-refractivity contribution in [2.24, 2.45) is 17.6 Å². The molecule has 10 N–H and O–H groups in total. The van der Waals surface area contributed by atoms with E-state index in [0.29, 0.717) is 36.4 Å². The second-order valence-corrected chi connectivity index (χ2v) is 24.4. The Bertz CT molecular complexity index is 3330. The summed E-state index contributed by atoms with van der Waals surface area (Å²) >= 11 is 0. The van der Waals surface area contributed by atoms with Crippen LogP contribution in [0.1, 0.15) is 115 Å². The van der Waals surface area contributed by atoms with Crippen molar-refractivity contribution in [1.29, 1.82) is 0 Å². The molecule has 3 saturated heterocycles. The number of primary amides is 1. The lowest BCUT2D eigenvalue weighted by molar-refractivity contribution is -0.145. The summed E-state index contributed by atoms with van der Waals surface area (Å²) in [7, 11) is 0. The molecule has 4 aromatic carbocycles. The number of esters is 1. The highest BCUT2D eigenvalue weighted by molar-refractivity contribution is 5.98. The van der Waals surface area contributed by atoms with E-state index >= 15 is 0 Å². The van der Waals surface area contributed by atoms with E-state index in [9.17, 15) is 43.5 Å². The number of amides is 8. The normalized spacial score (nSPS) is 22.8. The molecule has 3 heterocycles. The molecular formula is C69H86N8O15. The van der Waals surface area contributed by atoms with Gasteiger partial charge in [-0.05, 0) is 122 Å². The van der Waals surface area contributed by atoms with Crippen molar-refractivity contribution < 1.29 is 73.3 Å². The Balaban J connectivity index is 0.747. The van der Waals surface area contributed by atoms with Crippen LogP contribution in [-0.4, -0.2) is 133 Å². The molecule has 0 radical (unpaired) electrons. The van der Waals surface area contributed by atoms with Crippen molar-refractivity contribution in [1.82, 2.24) is 26.6 Å². The fourth-order valence-electron chi connectivity index (χ4n) is 11.6. The van der Waals surface area contributed by atoms with Gasteiger partial charge in [-0.2, -0.15) is 0 Å². The van der Waals surface area contributed by atoms with Crippen LogP contribution >= 0.6 is 0 Å². The van der Waals surface area contributed by atoms with Gasteiger partial charge < -0.3 is 71.2 Å². The van der Waals surface area contributed by atoms with E-state index < -0.39 is 84.0 Å². The van der Waals surface area contributed by atoms with E-state index in [0.717, 1.165) is 39.8 Å². The number of aliphatic hydroxyl groups excluding tert-OH is 1. The number of nitrogens with one attached hydrogen (secondary N) is 7. The number of aliphatic hydroxyl groups is 1. The molecule has 23 nitrogen and oxygen atoms in total. The Morgan fingerprint density at radius 3 is 2.11 bits per heavy atom. The lowest BCUT2D eigenvalue weighted by Crippen LogP contribution is -2.54. The van der Waals surface area contributed by atoms with Crippen LogP contribution in [0.15, 0.2) is 133 Å². The first-order valence-corrected chi connectivity index (χ1v) is 31.3. The van der Waals surface area contributed by atoms with Crippen LogP contribution < -0.4 is 42.9 Å². The molecule has 1 spiro atoms. The van der Waals surface area contributed by atoms with Crippen LogP contribution in [0.5, 0.6) is 0 Å². The van der Waals surface area contributed by atoms with Crippen molar-refractivity contribution >= 4 is 59.2 Å². The maximum absolute atomic E-state index is 13.9. The van der Waals surface area contributed by atoms with Crippen LogP contribution in [0.3, 0.4) is 0 Å². The van der Waals surface area contributed by atoms with Gasteiger partial charge in [0.15, 0.2) is 1.41 Å². The molecule has 4 aromatic rings. The lowest BCUT2D eigenvalue weighted by Gasteiger charge is -2.39. The largest absolute Gasteiger partial charge is 0.459 e. The number of alkyl carbamates (subject to hydrolysis) is 1. The number of carbonyl (C=O) groups excluding carboxylic acids is 8. The van der Waals surface area contributed by atoms with Crippen LogP contribution in [0.4, 0.5) is 25.8 Å². The second-order valence-electron chi connectivity index (χ2n) is 24.4. The standard InChI is InChI=1S/C69H86N8O15/c1-40(2)62(77-68(86)88-38-55-53-15-10-8-13-51(53)52-14-9-11-16-54(52)55)65(83)76-56(17-12-32-71-66(70)84)64(82)73-48-27-23-47(24-28-48)37-87-67(85)74-49-25-21-46(22-26-49)36-72-61(80)34-50-35-69(39-89-69)63(81)59(92-50)30-19-41(3)18-29-58-42(4)33-57(44(6)91-58)75-60(79)31-20-43(5)90-45(7)78/h8-11,13-16,18-28,30-31,40,42-44,50,55-59,62-63,81H,12,17,29,32-39H2,1-7H3,(H,72,80)(H,73,82)(H,74,85)(H,75,79)(H,76,83)(H,77,86)(H3,70,71,84)/b30-19+,31-20-,41-18+/t42-,43-,44+,50+,56-,57+,58-,59+,62+,63+,69+/m0/s1/i/hD. The molecule has 0 saturated carbocycles. The molecule has 0 aromatic heterocycles. The number of carbonyl (C=O) groups is 8. The Labute approximate surface area is 537 Å². The lowest BCUT2D eigenvalue weighted by atomic mass is 9.87. The third-order valence-electron chi connectivity index (χ3n) is 16.8. The van der Waals surface area contributed by atoms with E-state index in [1.165, 1.54) is 19.1 Å². The number of hydrogen-bond donors (Lipinski definition) is 9. The first-order valence-electron chi connectivity index (χ1n) is 31.8. The highest BCUT2D eigenvalue weighted by Gasteiger charge is 2.58. The number of nitrogens with two attached hydrogens (primary N) is 1. The molecule has 0 bridgehead atoms. The van der Waals surface area contributed by atoms with Gasteiger partial charge >= 0.3 is 24.2 Å². The number of epoxide rings is 1. The van der Waals surface area contributed by atoms with Gasteiger partial charge in [0.25, 0.3) is 0 Å².